The molecule has 3 aromatic rings. The molecule has 31 heavy (non-hydrogen) atoms. The van der Waals surface area contributed by atoms with Crippen LogP contribution in [-0.2, 0) is 16.0 Å². The van der Waals surface area contributed by atoms with Gasteiger partial charge in [0.25, 0.3) is 11.8 Å². The van der Waals surface area contributed by atoms with Crippen molar-refractivity contribution >= 4 is 34.2 Å². The number of amides is 3. The Kier molecular flexibility index (Phi) is 7.28. The van der Waals surface area contributed by atoms with Crippen molar-refractivity contribution < 1.29 is 23.5 Å². The van der Waals surface area contributed by atoms with Crippen molar-refractivity contribution in [2.24, 2.45) is 0 Å². The van der Waals surface area contributed by atoms with Crippen LogP contribution in [-0.4, -0.2) is 28.8 Å². The molecule has 3 N–H and O–H groups in total. The molecule has 0 fully saturated rings. The zero-order valence-corrected chi connectivity index (χ0v) is 17.2. The number of thiazole rings is 1. The Bertz CT molecular complexity index is 1060. The number of halogens is 1. The van der Waals surface area contributed by atoms with Crippen molar-refractivity contribution in [1.29, 1.82) is 0 Å². The summed E-state index contributed by atoms with van der Waals surface area (Å²) in [6, 6.07) is 13.9. The Morgan fingerprint density at radius 3 is 2.48 bits per heavy atom. The van der Waals surface area contributed by atoms with Gasteiger partial charge in [0, 0.05) is 10.9 Å². The van der Waals surface area contributed by atoms with E-state index in [0.29, 0.717) is 22.1 Å². The topological polar surface area (TPSA) is 109 Å². The molecule has 0 spiro atoms. The lowest BCUT2D eigenvalue weighted by atomic mass is 10.2. The third kappa shape index (κ3) is 6.61. The second-order valence-electron chi connectivity index (χ2n) is 6.39. The second-order valence-corrected chi connectivity index (χ2v) is 7.25. The lowest BCUT2D eigenvalue weighted by Crippen LogP contribution is -2.47. The molecule has 1 heterocycles. The number of aromatic nitrogens is 1. The number of carbonyl (C=O) groups is 3. The van der Waals surface area contributed by atoms with E-state index in [4.69, 9.17) is 4.74 Å². The number of nitrogens with one attached hydrogen (secondary N) is 3. The highest BCUT2D eigenvalue weighted by molar-refractivity contribution is 7.14. The first-order valence-corrected chi connectivity index (χ1v) is 10.1. The molecule has 1 atom stereocenters. The van der Waals surface area contributed by atoms with Gasteiger partial charge < -0.3 is 4.74 Å². The van der Waals surface area contributed by atoms with E-state index < -0.39 is 23.7 Å². The minimum Gasteiger partial charge on any atom is -0.481 e. The lowest BCUT2D eigenvalue weighted by molar-refractivity contribution is -0.132. The van der Waals surface area contributed by atoms with Crippen molar-refractivity contribution in [3.8, 4) is 5.75 Å². The number of hydrogen-bond donors (Lipinski definition) is 3. The molecular formula is C21H19FN4O4S. The molecular weight excluding hydrogens is 423 g/mol. The predicted octanol–water partition coefficient (Wildman–Crippen LogP) is 2.69. The molecule has 2 aromatic carbocycles. The molecule has 160 valence electrons. The maximum Gasteiger partial charge on any atom is 0.279 e. The van der Waals surface area contributed by atoms with Gasteiger partial charge in [0.05, 0.1) is 12.1 Å². The first kappa shape index (κ1) is 21.9. The molecule has 0 bridgehead atoms. The highest BCUT2D eigenvalue weighted by atomic mass is 32.1. The first-order chi connectivity index (χ1) is 14.9. The van der Waals surface area contributed by atoms with E-state index in [1.54, 1.807) is 29.6 Å². The van der Waals surface area contributed by atoms with Gasteiger partial charge in [-0.05, 0) is 43.3 Å². The number of anilines is 1. The van der Waals surface area contributed by atoms with E-state index >= 15 is 0 Å². The number of hydrogen-bond acceptors (Lipinski definition) is 6. The summed E-state index contributed by atoms with van der Waals surface area (Å²) in [4.78, 5) is 40.4. The van der Waals surface area contributed by atoms with Crippen LogP contribution in [0.25, 0.3) is 0 Å². The molecule has 0 saturated carbocycles. The van der Waals surface area contributed by atoms with Crippen LogP contribution in [0.5, 0.6) is 5.75 Å². The second kappa shape index (κ2) is 10.3. The van der Waals surface area contributed by atoms with E-state index in [1.807, 2.05) is 6.07 Å². The van der Waals surface area contributed by atoms with Crippen LogP contribution in [0.2, 0.25) is 0 Å². The van der Waals surface area contributed by atoms with Crippen LogP contribution in [0.15, 0.2) is 60.0 Å². The average Bonchev–Trinajstić information content (AvgIpc) is 3.20. The van der Waals surface area contributed by atoms with E-state index in [0.717, 1.165) is 0 Å². The van der Waals surface area contributed by atoms with Crippen molar-refractivity contribution in [3.05, 3.63) is 77.1 Å². The number of hydrazine groups is 1. The van der Waals surface area contributed by atoms with Gasteiger partial charge in [0.2, 0.25) is 5.91 Å². The largest absolute Gasteiger partial charge is 0.481 e. The summed E-state index contributed by atoms with van der Waals surface area (Å²) in [7, 11) is 0. The molecule has 0 radical (unpaired) electrons. The Hall–Kier alpha value is -3.79. The van der Waals surface area contributed by atoms with Gasteiger partial charge >= 0.3 is 0 Å². The predicted molar refractivity (Wildman–Crippen MR) is 113 cm³/mol. The zero-order valence-electron chi connectivity index (χ0n) is 16.4. The van der Waals surface area contributed by atoms with Crippen LogP contribution in [0.4, 0.5) is 9.52 Å². The van der Waals surface area contributed by atoms with E-state index in [9.17, 15) is 18.8 Å². The Morgan fingerprint density at radius 1 is 1.06 bits per heavy atom. The van der Waals surface area contributed by atoms with Crippen LogP contribution >= 0.6 is 11.3 Å². The van der Waals surface area contributed by atoms with Crippen molar-refractivity contribution in [2.45, 2.75) is 19.4 Å². The van der Waals surface area contributed by atoms with Crippen LogP contribution in [0, 0.1) is 5.82 Å². The van der Waals surface area contributed by atoms with Gasteiger partial charge in [-0.15, -0.1) is 11.3 Å². The number of nitrogens with zero attached hydrogens (tertiary/aromatic N) is 1. The Labute approximate surface area is 181 Å². The standard InChI is InChI=1S/C21H19FN4O4S/c1-13(30-17-9-7-15(22)8-10-17)19(28)26-25-18(27)11-16-12-31-21(23-16)24-20(29)14-5-3-2-4-6-14/h2-10,12-13H,11H2,1H3,(H,25,27)(H,26,28)(H,23,24,29). The zero-order chi connectivity index (χ0) is 22.2. The molecule has 1 aromatic heterocycles. The van der Waals surface area contributed by atoms with Gasteiger partial charge in [-0.1, -0.05) is 18.2 Å². The monoisotopic (exact) mass is 442 g/mol. The fourth-order valence-corrected chi connectivity index (χ4v) is 3.12. The van der Waals surface area contributed by atoms with E-state index in [2.05, 4.69) is 21.2 Å². The first-order valence-electron chi connectivity index (χ1n) is 9.22. The van der Waals surface area contributed by atoms with E-state index in [-0.39, 0.29) is 12.3 Å². The third-order valence-electron chi connectivity index (χ3n) is 3.97. The maximum absolute atomic E-state index is 12.9. The summed E-state index contributed by atoms with van der Waals surface area (Å²) in [6.07, 6.45) is -1.00. The third-order valence-corrected chi connectivity index (χ3v) is 4.78. The molecule has 0 aliphatic carbocycles. The molecule has 0 aliphatic heterocycles. The Balaban J connectivity index is 1.43. The van der Waals surface area contributed by atoms with E-state index in [1.165, 1.54) is 42.5 Å². The maximum atomic E-state index is 12.9. The molecule has 0 saturated heterocycles. The fourth-order valence-electron chi connectivity index (χ4n) is 2.42. The van der Waals surface area contributed by atoms with Gasteiger partial charge in [0.15, 0.2) is 11.2 Å². The van der Waals surface area contributed by atoms with Crippen molar-refractivity contribution in [3.63, 3.8) is 0 Å². The number of carbonyl (C=O) groups excluding carboxylic acids is 3. The molecule has 10 heteroatoms. The van der Waals surface area contributed by atoms with Crippen LogP contribution in [0.3, 0.4) is 0 Å². The number of rotatable bonds is 7. The highest BCUT2D eigenvalue weighted by Gasteiger charge is 2.16. The van der Waals surface area contributed by atoms with Crippen LogP contribution < -0.4 is 20.9 Å². The quantitative estimate of drug-likeness (QED) is 0.488. The highest BCUT2D eigenvalue weighted by Crippen LogP contribution is 2.17. The number of ether oxygens (including phenoxy) is 1. The smallest absolute Gasteiger partial charge is 0.279 e. The number of benzene rings is 2. The average molecular weight is 442 g/mol. The summed E-state index contributed by atoms with van der Waals surface area (Å²) in [5.41, 5.74) is 5.48. The summed E-state index contributed by atoms with van der Waals surface area (Å²) >= 11 is 1.19. The van der Waals surface area contributed by atoms with Gasteiger partial charge in [-0.2, -0.15) is 0 Å². The summed E-state index contributed by atoms with van der Waals surface area (Å²) < 4.78 is 18.3. The van der Waals surface area contributed by atoms with Gasteiger partial charge in [0.1, 0.15) is 11.6 Å². The minimum atomic E-state index is -0.912. The van der Waals surface area contributed by atoms with Gasteiger partial charge in [-0.25, -0.2) is 9.37 Å². The van der Waals surface area contributed by atoms with Crippen LogP contribution in [0.1, 0.15) is 23.0 Å². The normalized spacial score (nSPS) is 11.3. The van der Waals surface area contributed by atoms with Crippen molar-refractivity contribution in [1.82, 2.24) is 15.8 Å². The van der Waals surface area contributed by atoms with Crippen molar-refractivity contribution in [2.75, 3.05) is 5.32 Å². The SMILES string of the molecule is CC(Oc1ccc(F)cc1)C(=O)NNC(=O)Cc1csc(NC(=O)c2ccccc2)n1. The molecule has 1 unspecified atom stereocenters. The lowest BCUT2D eigenvalue weighted by Gasteiger charge is -2.15. The molecule has 3 amide bonds. The molecule has 8 nitrogen and oxygen atoms in total. The molecule has 0 aliphatic rings. The fraction of sp³-hybridized carbons (Fsp3) is 0.143. The summed E-state index contributed by atoms with van der Waals surface area (Å²) in [5, 5.41) is 4.67. The summed E-state index contributed by atoms with van der Waals surface area (Å²) in [5.74, 6) is -1.46. The minimum absolute atomic E-state index is 0.0921. The summed E-state index contributed by atoms with van der Waals surface area (Å²) in [6.45, 7) is 1.49. The van der Waals surface area contributed by atoms with Gasteiger partial charge in [-0.3, -0.25) is 30.6 Å². The molecule has 3 rings (SSSR count). The Morgan fingerprint density at radius 2 is 1.77 bits per heavy atom.